The number of carbonyl (C=O) groups is 2. The second-order valence-electron chi connectivity index (χ2n) is 6.67. The van der Waals surface area contributed by atoms with Crippen LogP contribution in [0.1, 0.15) is 22.9 Å². The summed E-state index contributed by atoms with van der Waals surface area (Å²) in [7, 11) is 0. The van der Waals surface area contributed by atoms with Crippen molar-refractivity contribution in [1.29, 1.82) is 0 Å². The smallest absolute Gasteiger partial charge is 0.296 e. The lowest BCUT2D eigenvalue weighted by molar-refractivity contribution is -0.140. The zero-order chi connectivity index (χ0) is 20.4. The van der Waals surface area contributed by atoms with Crippen molar-refractivity contribution >= 4 is 33.4 Å². The van der Waals surface area contributed by atoms with Crippen molar-refractivity contribution < 1.29 is 14.7 Å². The lowest BCUT2D eigenvalue weighted by Gasteiger charge is -2.25. The maximum Gasteiger partial charge on any atom is 0.296 e. The number of aliphatic hydroxyl groups excluding tert-OH is 1. The van der Waals surface area contributed by atoms with Crippen molar-refractivity contribution in [1.82, 2.24) is 9.88 Å². The Bertz CT molecular complexity index is 1080. The molecule has 1 atom stereocenters. The number of hydrogen-bond acceptors (Lipinski definition) is 4. The van der Waals surface area contributed by atoms with Crippen LogP contribution < -0.4 is 0 Å². The van der Waals surface area contributed by atoms with Crippen LogP contribution in [0.15, 0.2) is 89.0 Å². The number of carbonyl (C=O) groups excluding carboxylic acids is 2. The van der Waals surface area contributed by atoms with Crippen LogP contribution >= 0.6 is 15.9 Å². The van der Waals surface area contributed by atoms with E-state index in [9.17, 15) is 14.7 Å². The van der Waals surface area contributed by atoms with Gasteiger partial charge in [-0.1, -0.05) is 64.5 Å². The van der Waals surface area contributed by atoms with Gasteiger partial charge in [-0.05, 0) is 29.8 Å². The number of ketones is 1. The summed E-state index contributed by atoms with van der Waals surface area (Å²) < 4.78 is 0.851. The quantitative estimate of drug-likeness (QED) is 0.363. The highest BCUT2D eigenvalue weighted by Crippen LogP contribution is 2.40. The van der Waals surface area contributed by atoms with Crippen molar-refractivity contribution in [2.24, 2.45) is 0 Å². The molecule has 1 fully saturated rings. The number of halogens is 1. The van der Waals surface area contributed by atoms with E-state index in [0.29, 0.717) is 11.3 Å². The number of nitrogens with zero attached hydrogens (tertiary/aromatic N) is 2. The Hall–Kier alpha value is -3.25. The summed E-state index contributed by atoms with van der Waals surface area (Å²) >= 11 is 3.36. The summed E-state index contributed by atoms with van der Waals surface area (Å²) in [5.41, 5.74) is 1.98. The second kappa shape index (κ2) is 8.01. The molecule has 29 heavy (non-hydrogen) atoms. The molecule has 2 heterocycles. The van der Waals surface area contributed by atoms with Gasteiger partial charge in [0.25, 0.3) is 11.7 Å². The number of benzene rings is 2. The third kappa shape index (κ3) is 3.71. The molecule has 0 aliphatic carbocycles. The molecule has 0 saturated carbocycles. The molecule has 4 rings (SSSR count). The molecule has 5 nitrogen and oxygen atoms in total. The number of amides is 1. The lowest BCUT2D eigenvalue weighted by Crippen LogP contribution is -2.29. The molecule has 1 amide bonds. The van der Waals surface area contributed by atoms with Gasteiger partial charge in [-0.25, -0.2) is 0 Å². The van der Waals surface area contributed by atoms with Crippen molar-refractivity contribution in [3.63, 3.8) is 0 Å². The maximum atomic E-state index is 12.9. The van der Waals surface area contributed by atoms with E-state index in [1.165, 1.54) is 4.90 Å². The molecule has 0 radical (unpaired) electrons. The SMILES string of the molecule is O=C1C(=O)N(Cc2ccccn2)C(c2ccccc2)/C1=C(\O)c1ccc(Br)cc1. The molecule has 1 unspecified atom stereocenters. The van der Waals surface area contributed by atoms with E-state index >= 15 is 0 Å². The third-order valence-electron chi connectivity index (χ3n) is 4.83. The van der Waals surface area contributed by atoms with Gasteiger partial charge < -0.3 is 10.0 Å². The molecule has 0 spiro atoms. The fourth-order valence-corrected chi connectivity index (χ4v) is 3.72. The van der Waals surface area contributed by atoms with E-state index in [4.69, 9.17) is 0 Å². The monoisotopic (exact) mass is 448 g/mol. The Labute approximate surface area is 176 Å². The van der Waals surface area contributed by atoms with Crippen LogP contribution in [0.5, 0.6) is 0 Å². The fourth-order valence-electron chi connectivity index (χ4n) is 3.45. The Morgan fingerprint density at radius 1 is 0.966 bits per heavy atom. The van der Waals surface area contributed by atoms with Crippen molar-refractivity contribution in [3.05, 3.63) is 106 Å². The summed E-state index contributed by atoms with van der Waals surface area (Å²) in [6.07, 6.45) is 1.64. The number of aliphatic hydroxyl groups is 1. The zero-order valence-electron chi connectivity index (χ0n) is 15.3. The number of aromatic nitrogens is 1. The van der Waals surface area contributed by atoms with Crippen LogP contribution in [0, 0.1) is 0 Å². The Morgan fingerprint density at radius 2 is 1.66 bits per heavy atom. The van der Waals surface area contributed by atoms with Gasteiger partial charge in [0.1, 0.15) is 5.76 Å². The topological polar surface area (TPSA) is 70.5 Å². The van der Waals surface area contributed by atoms with Crippen LogP contribution in [0.25, 0.3) is 5.76 Å². The molecule has 1 aromatic heterocycles. The van der Waals surface area contributed by atoms with Gasteiger partial charge in [0, 0.05) is 16.2 Å². The number of hydrogen-bond donors (Lipinski definition) is 1. The van der Waals surface area contributed by atoms with E-state index < -0.39 is 17.7 Å². The Morgan fingerprint density at radius 3 is 2.31 bits per heavy atom. The van der Waals surface area contributed by atoms with Gasteiger partial charge in [0.05, 0.1) is 23.9 Å². The highest BCUT2D eigenvalue weighted by molar-refractivity contribution is 9.10. The number of rotatable bonds is 4. The van der Waals surface area contributed by atoms with E-state index in [2.05, 4.69) is 20.9 Å². The minimum atomic E-state index is -0.699. The summed E-state index contributed by atoms with van der Waals surface area (Å²) in [6, 6.07) is 20.9. The second-order valence-corrected chi connectivity index (χ2v) is 7.58. The molecule has 3 aromatic rings. The van der Waals surface area contributed by atoms with Crippen molar-refractivity contribution in [3.8, 4) is 0 Å². The number of likely N-dealkylation sites (tertiary alicyclic amines) is 1. The minimum absolute atomic E-state index is 0.0828. The van der Waals surface area contributed by atoms with Crippen molar-refractivity contribution in [2.45, 2.75) is 12.6 Å². The normalized spacial score (nSPS) is 18.2. The first-order valence-corrected chi connectivity index (χ1v) is 9.85. The first kappa shape index (κ1) is 19.1. The summed E-state index contributed by atoms with van der Waals surface area (Å²) in [5.74, 6) is -1.54. The highest BCUT2D eigenvalue weighted by atomic mass is 79.9. The Balaban J connectivity index is 1.85. The molecular weight excluding hydrogens is 432 g/mol. The van der Waals surface area contributed by atoms with Crippen LogP contribution in [0.3, 0.4) is 0 Å². The van der Waals surface area contributed by atoms with Gasteiger partial charge in [0.15, 0.2) is 0 Å². The average molecular weight is 449 g/mol. The van der Waals surface area contributed by atoms with Crippen LogP contribution in [-0.4, -0.2) is 26.7 Å². The highest BCUT2D eigenvalue weighted by Gasteiger charge is 2.46. The largest absolute Gasteiger partial charge is 0.507 e. The zero-order valence-corrected chi connectivity index (χ0v) is 16.9. The molecule has 144 valence electrons. The van der Waals surface area contributed by atoms with Gasteiger partial charge in [-0.2, -0.15) is 0 Å². The molecule has 6 heteroatoms. The summed E-state index contributed by atoms with van der Waals surface area (Å²) in [5, 5.41) is 11.0. The molecular formula is C23H17BrN2O3. The third-order valence-corrected chi connectivity index (χ3v) is 5.36. The van der Waals surface area contributed by atoms with Crippen LogP contribution in [0.2, 0.25) is 0 Å². The predicted molar refractivity (Wildman–Crippen MR) is 113 cm³/mol. The Kier molecular flexibility index (Phi) is 5.27. The van der Waals surface area contributed by atoms with Gasteiger partial charge in [-0.15, -0.1) is 0 Å². The van der Waals surface area contributed by atoms with Crippen LogP contribution in [-0.2, 0) is 16.1 Å². The predicted octanol–water partition coefficient (Wildman–Crippen LogP) is 4.47. The van der Waals surface area contributed by atoms with Gasteiger partial charge in [-0.3, -0.25) is 14.6 Å². The molecule has 1 aliphatic rings. The summed E-state index contributed by atoms with van der Waals surface area (Å²) in [6.45, 7) is 0.169. The standard InChI is InChI=1S/C23H17BrN2O3/c24-17-11-9-16(10-12-17)21(27)19-20(15-6-2-1-3-7-15)26(23(29)22(19)28)14-18-8-4-5-13-25-18/h1-13,20,27H,14H2/b21-19+. The molecule has 0 bridgehead atoms. The van der Waals surface area contributed by atoms with Crippen LogP contribution in [0.4, 0.5) is 0 Å². The molecule has 1 aliphatic heterocycles. The molecule has 2 aromatic carbocycles. The first-order chi connectivity index (χ1) is 14.1. The average Bonchev–Trinajstić information content (AvgIpc) is 3.00. The van der Waals surface area contributed by atoms with E-state index in [1.807, 2.05) is 36.4 Å². The molecule has 1 saturated heterocycles. The first-order valence-electron chi connectivity index (χ1n) is 9.05. The summed E-state index contributed by atoms with van der Waals surface area (Å²) in [4.78, 5) is 31.6. The lowest BCUT2D eigenvalue weighted by atomic mass is 9.95. The molecule has 1 N–H and O–H groups in total. The maximum absolute atomic E-state index is 12.9. The van der Waals surface area contributed by atoms with Gasteiger partial charge in [0.2, 0.25) is 0 Å². The van der Waals surface area contributed by atoms with E-state index in [-0.39, 0.29) is 17.9 Å². The van der Waals surface area contributed by atoms with Gasteiger partial charge >= 0.3 is 0 Å². The minimum Gasteiger partial charge on any atom is -0.507 e. The van der Waals surface area contributed by atoms with E-state index in [0.717, 1.165) is 10.0 Å². The fraction of sp³-hybridized carbons (Fsp3) is 0.0870. The number of pyridine rings is 1. The van der Waals surface area contributed by atoms with E-state index in [1.54, 1.807) is 42.6 Å². The van der Waals surface area contributed by atoms with Crippen molar-refractivity contribution in [2.75, 3.05) is 0 Å². The number of Topliss-reactive ketones (excluding diaryl/α,β-unsaturated/α-hetero) is 1.